The van der Waals surface area contributed by atoms with Crippen molar-refractivity contribution in [3.05, 3.63) is 12.0 Å². The Hall–Kier alpha value is -1.47. The van der Waals surface area contributed by atoms with Crippen molar-refractivity contribution in [2.75, 3.05) is 43.1 Å². The molecule has 1 fully saturated rings. The molecule has 0 saturated carbocycles. The Morgan fingerprint density at radius 1 is 1.48 bits per heavy atom. The average molecular weight is 298 g/mol. The number of ether oxygens (including phenoxy) is 1. The third-order valence-corrected chi connectivity index (χ3v) is 3.45. The van der Waals surface area contributed by atoms with Gasteiger partial charge >= 0.3 is 0 Å². The van der Waals surface area contributed by atoms with E-state index >= 15 is 0 Å². The number of nitrogens with one attached hydrogen (secondary N) is 1. The van der Waals surface area contributed by atoms with Crippen LogP contribution in [0.5, 0.6) is 0 Å². The lowest BCUT2D eigenvalue weighted by molar-refractivity contribution is 0.0158. The molecule has 0 aromatic carbocycles. The second-order valence-corrected chi connectivity index (χ2v) is 5.07. The molecule has 21 heavy (non-hydrogen) atoms. The summed E-state index contributed by atoms with van der Waals surface area (Å²) in [6.07, 6.45) is 3.93. The van der Waals surface area contributed by atoms with Crippen LogP contribution in [0.15, 0.2) is 6.20 Å². The van der Waals surface area contributed by atoms with Crippen molar-refractivity contribution < 1.29 is 14.2 Å². The standard InChI is InChI=1S/C14H23FN4O2/c1-2-5-16-14-17-10-12(15)13(18-14)19-6-3-11(4-7-19)21-9-8-20/h10-11,20H,2-9H2,1H3,(H,16,17,18). The largest absolute Gasteiger partial charge is 0.394 e. The van der Waals surface area contributed by atoms with E-state index < -0.39 is 5.82 Å². The van der Waals surface area contributed by atoms with E-state index in [1.165, 1.54) is 6.20 Å². The normalized spacial score (nSPS) is 16.2. The quantitative estimate of drug-likeness (QED) is 0.793. The van der Waals surface area contributed by atoms with E-state index in [-0.39, 0.29) is 12.7 Å². The van der Waals surface area contributed by atoms with Crippen LogP contribution in [0.4, 0.5) is 16.2 Å². The molecule has 1 saturated heterocycles. The lowest BCUT2D eigenvalue weighted by Crippen LogP contribution is -2.38. The van der Waals surface area contributed by atoms with Crippen LogP contribution in [-0.2, 0) is 4.74 Å². The van der Waals surface area contributed by atoms with Crippen LogP contribution < -0.4 is 10.2 Å². The van der Waals surface area contributed by atoms with Gasteiger partial charge < -0.3 is 20.1 Å². The molecule has 0 unspecified atom stereocenters. The topological polar surface area (TPSA) is 70.5 Å². The first kappa shape index (κ1) is 15.9. The van der Waals surface area contributed by atoms with Crippen LogP contribution in [0.1, 0.15) is 26.2 Å². The maximum Gasteiger partial charge on any atom is 0.224 e. The lowest BCUT2D eigenvalue weighted by Gasteiger charge is -2.32. The smallest absolute Gasteiger partial charge is 0.224 e. The highest BCUT2D eigenvalue weighted by Gasteiger charge is 2.23. The Labute approximate surface area is 124 Å². The molecule has 1 aliphatic heterocycles. The van der Waals surface area contributed by atoms with Gasteiger partial charge in [-0.1, -0.05) is 6.92 Å². The second kappa shape index (κ2) is 8.09. The summed E-state index contributed by atoms with van der Waals surface area (Å²) >= 11 is 0. The van der Waals surface area contributed by atoms with Gasteiger partial charge in [0.05, 0.1) is 25.5 Å². The van der Waals surface area contributed by atoms with E-state index in [1.807, 2.05) is 4.90 Å². The van der Waals surface area contributed by atoms with Gasteiger partial charge in [0.1, 0.15) is 0 Å². The molecule has 0 atom stereocenters. The molecule has 2 rings (SSSR count). The first-order valence-electron chi connectivity index (χ1n) is 7.48. The Balaban J connectivity index is 1.95. The summed E-state index contributed by atoms with van der Waals surface area (Å²) in [5.74, 6) is 0.419. The van der Waals surface area contributed by atoms with Crippen molar-refractivity contribution in [2.45, 2.75) is 32.3 Å². The molecule has 1 aromatic rings. The minimum Gasteiger partial charge on any atom is -0.394 e. The first-order valence-corrected chi connectivity index (χ1v) is 7.48. The van der Waals surface area contributed by atoms with Gasteiger partial charge in [0.15, 0.2) is 11.6 Å². The van der Waals surface area contributed by atoms with E-state index in [0.717, 1.165) is 25.8 Å². The minimum absolute atomic E-state index is 0.0349. The van der Waals surface area contributed by atoms with Crippen molar-refractivity contribution >= 4 is 11.8 Å². The van der Waals surface area contributed by atoms with Gasteiger partial charge in [0, 0.05) is 19.6 Å². The van der Waals surface area contributed by atoms with Gasteiger partial charge in [-0.05, 0) is 19.3 Å². The molecule has 118 valence electrons. The summed E-state index contributed by atoms with van der Waals surface area (Å²) in [5, 5.41) is 11.8. The SMILES string of the molecule is CCCNc1ncc(F)c(N2CCC(OCCO)CC2)n1. The maximum atomic E-state index is 13.9. The van der Waals surface area contributed by atoms with Gasteiger partial charge in [-0.3, -0.25) is 0 Å². The highest BCUT2D eigenvalue weighted by atomic mass is 19.1. The van der Waals surface area contributed by atoms with Crippen molar-refractivity contribution in [2.24, 2.45) is 0 Å². The summed E-state index contributed by atoms with van der Waals surface area (Å²) in [7, 11) is 0. The summed E-state index contributed by atoms with van der Waals surface area (Å²) in [4.78, 5) is 10.1. The van der Waals surface area contributed by atoms with E-state index in [0.29, 0.717) is 31.5 Å². The van der Waals surface area contributed by atoms with Crippen LogP contribution in [0.3, 0.4) is 0 Å². The highest BCUT2D eigenvalue weighted by Crippen LogP contribution is 2.23. The average Bonchev–Trinajstić information content (AvgIpc) is 2.53. The third-order valence-electron chi connectivity index (χ3n) is 3.45. The van der Waals surface area contributed by atoms with E-state index in [4.69, 9.17) is 9.84 Å². The maximum absolute atomic E-state index is 13.9. The Morgan fingerprint density at radius 2 is 2.24 bits per heavy atom. The molecule has 0 radical (unpaired) electrons. The van der Waals surface area contributed by atoms with Gasteiger partial charge in [0.25, 0.3) is 0 Å². The van der Waals surface area contributed by atoms with Crippen LogP contribution >= 0.6 is 0 Å². The molecule has 0 amide bonds. The molecule has 7 heteroatoms. The minimum atomic E-state index is -0.397. The first-order chi connectivity index (χ1) is 10.2. The summed E-state index contributed by atoms with van der Waals surface area (Å²) in [6.45, 7) is 4.59. The molecule has 0 aliphatic carbocycles. The van der Waals surface area contributed by atoms with Gasteiger partial charge in [-0.2, -0.15) is 4.98 Å². The van der Waals surface area contributed by atoms with Gasteiger partial charge in [-0.25, -0.2) is 9.37 Å². The van der Waals surface area contributed by atoms with Crippen LogP contribution in [-0.4, -0.2) is 54.0 Å². The number of anilines is 2. The van der Waals surface area contributed by atoms with Gasteiger partial charge in [-0.15, -0.1) is 0 Å². The monoisotopic (exact) mass is 298 g/mol. The predicted molar refractivity (Wildman–Crippen MR) is 79.0 cm³/mol. The number of rotatable bonds is 7. The molecular formula is C14H23FN4O2. The Kier molecular flexibility index (Phi) is 6.13. The van der Waals surface area contributed by atoms with Gasteiger partial charge in [0.2, 0.25) is 5.95 Å². The van der Waals surface area contributed by atoms with E-state index in [1.54, 1.807) is 0 Å². The number of hydrogen-bond donors (Lipinski definition) is 2. The summed E-state index contributed by atoms with van der Waals surface area (Å²) in [6, 6.07) is 0. The number of piperidine rings is 1. The Morgan fingerprint density at radius 3 is 2.90 bits per heavy atom. The Bertz CT molecular complexity index is 439. The molecule has 1 aliphatic rings. The molecule has 0 spiro atoms. The van der Waals surface area contributed by atoms with Crippen molar-refractivity contribution in [3.8, 4) is 0 Å². The fourth-order valence-electron chi connectivity index (χ4n) is 2.36. The van der Waals surface area contributed by atoms with E-state index in [2.05, 4.69) is 22.2 Å². The predicted octanol–water partition coefficient (Wildman–Crippen LogP) is 1.42. The molecule has 6 nitrogen and oxygen atoms in total. The number of aliphatic hydroxyl groups excluding tert-OH is 1. The number of nitrogens with zero attached hydrogens (tertiary/aromatic N) is 3. The summed E-state index contributed by atoms with van der Waals surface area (Å²) in [5.41, 5.74) is 0. The molecule has 2 N–H and O–H groups in total. The zero-order valence-electron chi connectivity index (χ0n) is 12.4. The number of hydrogen-bond acceptors (Lipinski definition) is 6. The van der Waals surface area contributed by atoms with Crippen LogP contribution in [0, 0.1) is 5.82 Å². The fourth-order valence-corrected chi connectivity index (χ4v) is 2.36. The summed E-state index contributed by atoms with van der Waals surface area (Å²) < 4.78 is 19.4. The fraction of sp³-hybridized carbons (Fsp3) is 0.714. The highest BCUT2D eigenvalue weighted by molar-refractivity contribution is 5.44. The lowest BCUT2D eigenvalue weighted by atomic mass is 10.1. The third kappa shape index (κ3) is 4.50. The molecular weight excluding hydrogens is 275 g/mol. The van der Waals surface area contributed by atoms with Crippen LogP contribution in [0.2, 0.25) is 0 Å². The van der Waals surface area contributed by atoms with Crippen molar-refractivity contribution in [1.82, 2.24) is 9.97 Å². The number of halogens is 1. The van der Waals surface area contributed by atoms with Crippen molar-refractivity contribution in [1.29, 1.82) is 0 Å². The van der Waals surface area contributed by atoms with Crippen LogP contribution in [0.25, 0.3) is 0 Å². The molecule has 0 bridgehead atoms. The zero-order chi connectivity index (χ0) is 15.1. The second-order valence-electron chi connectivity index (χ2n) is 5.07. The van der Waals surface area contributed by atoms with Crippen molar-refractivity contribution in [3.63, 3.8) is 0 Å². The number of aliphatic hydroxyl groups is 1. The van der Waals surface area contributed by atoms with E-state index in [9.17, 15) is 4.39 Å². The zero-order valence-corrected chi connectivity index (χ0v) is 12.4. The molecule has 2 heterocycles. The number of aromatic nitrogens is 2. The molecule has 1 aromatic heterocycles.